The summed E-state index contributed by atoms with van der Waals surface area (Å²) in [6.45, 7) is 1.80. The monoisotopic (exact) mass is 378 g/mol. The van der Waals surface area contributed by atoms with Crippen LogP contribution < -0.4 is 5.32 Å². The summed E-state index contributed by atoms with van der Waals surface area (Å²) in [5.41, 5.74) is 2.06. The van der Waals surface area contributed by atoms with Gasteiger partial charge in [0.05, 0.1) is 4.90 Å². The van der Waals surface area contributed by atoms with Crippen molar-refractivity contribution in [2.75, 3.05) is 19.4 Å². The summed E-state index contributed by atoms with van der Waals surface area (Å²) < 4.78 is 25.5. The standard InChI is InChI=1S/C18H19ClN2O3S/c1-13-4-10-16(25(23,24)21(2)3)12-17(13)20-18(22)11-7-14-5-8-15(19)9-6-14/h4-12H,1-3H3,(H,20,22)/b11-7+. The third-order valence-corrected chi connectivity index (χ3v) is 5.61. The van der Waals surface area contributed by atoms with Gasteiger partial charge in [0.2, 0.25) is 15.9 Å². The number of amides is 1. The van der Waals surface area contributed by atoms with Gasteiger partial charge in [-0.1, -0.05) is 29.8 Å². The quantitative estimate of drug-likeness (QED) is 0.809. The first-order valence-corrected chi connectivity index (χ1v) is 9.30. The summed E-state index contributed by atoms with van der Waals surface area (Å²) in [5, 5.41) is 3.33. The number of hydrogen-bond donors (Lipinski definition) is 1. The van der Waals surface area contributed by atoms with Crippen molar-refractivity contribution in [3.05, 3.63) is 64.7 Å². The highest BCUT2D eigenvalue weighted by atomic mass is 35.5. The van der Waals surface area contributed by atoms with E-state index < -0.39 is 10.0 Å². The van der Waals surface area contributed by atoms with Crippen LogP contribution in [0.3, 0.4) is 0 Å². The van der Waals surface area contributed by atoms with Crippen molar-refractivity contribution in [1.29, 1.82) is 0 Å². The molecule has 0 saturated carbocycles. The van der Waals surface area contributed by atoms with E-state index in [0.717, 1.165) is 15.4 Å². The van der Waals surface area contributed by atoms with E-state index in [1.807, 2.05) is 0 Å². The number of rotatable bonds is 5. The number of sulfonamides is 1. The lowest BCUT2D eigenvalue weighted by atomic mass is 10.2. The molecule has 0 unspecified atom stereocenters. The molecular weight excluding hydrogens is 360 g/mol. The van der Waals surface area contributed by atoms with Gasteiger partial charge in [-0.05, 0) is 48.4 Å². The van der Waals surface area contributed by atoms with E-state index in [4.69, 9.17) is 11.6 Å². The Hall–Kier alpha value is -2.15. The molecule has 1 amide bonds. The van der Waals surface area contributed by atoms with Gasteiger partial charge in [0.25, 0.3) is 0 Å². The number of hydrogen-bond acceptors (Lipinski definition) is 3. The zero-order chi connectivity index (χ0) is 18.6. The van der Waals surface area contributed by atoms with Gasteiger partial charge in [0.1, 0.15) is 0 Å². The van der Waals surface area contributed by atoms with Gasteiger partial charge in [-0.2, -0.15) is 0 Å². The maximum atomic E-state index is 12.2. The molecule has 0 aromatic heterocycles. The van der Waals surface area contributed by atoms with Crippen LogP contribution in [0.15, 0.2) is 53.4 Å². The van der Waals surface area contributed by atoms with Crippen LogP contribution >= 0.6 is 11.6 Å². The molecule has 132 valence electrons. The Morgan fingerprint density at radius 2 is 1.76 bits per heavy atom. The zero-order valence-electron chi connectivity index (χ0n) is 14.2. The van der Waals surface area contributed by atoms with E-state index in [-0.39, 0.29) is 10.8 Å². The minimum absolute atomic E-state index is 0.125. The van der Waals surface area contributed by atoms with Crippen LogP contribution in [-0.2, 0) is 14.8 Å². The molecule has 0 aliphatic rings. The van der Waals surface area contributed by atoms with Gasteiger partial charge in [-0.25, -0.2) is 12.7 Å². The average molecular weight is 379 g/mol. The highest BCUT2D eigenvalue weighted by Gasteiger charge is 2.18. The molecule has 0 bridgehead atoms. The highest BCUT2D eigenvalue weighted by molar-refractivity contribution is 7.89. The van der Waals surface area contributed by atoms with Gasteiger partial charge in [0, 0.05) is 30.9 Å². The van der Waals surface area contributed by atoms with Crippen LogP contribution in [0.25, 0.3) is 6.08 Å². The van der Waals surface area contributed by atoms with E-state index in [0.29, 0.717) is 10.7 Å². The Morgan fingerprint density at radius 3 is 2.36 bits per heavy atom. The number of carbonyl (C=O) groups is 1. The zero-order valence-corrected chi connectivity index (χ0v) is 15.7. The molecule has 0 heterocycles. The second kappa shape index (κ2) is 7.82. The Bertz CT molecular complexity index is 904. The van der Waals surface area contributed by atoms with Crippen molar-refractivity contribution in [1.82, 2.24) is 4.31 Å². The lowest BCUT2D eigenvalue weighted by Gasteiger charge is -2.14. The Balaban J connectivity index is 2.19. The van der Waals surface area contributed by atoms with Gasteiger partial charge in [-0.3, -0.25) is 4.79 Å². The molecule has 0 atom stereocenters. The molecule has 0 aliphatic heterocycles. The summed E-state index contributed by atoms with van der Waals surface area (Å²) in [6, 6.07) is 11.7. The lowest BCUT2D eigenvalue weighted by molar-refractivity contribution is -0.111. The normalized spacial score (nSPS) is 11.9. The minimum Gasteiger partial charge on any atom is -0.322 e. The fraction of sp³-hybridized carbons (Fsp3) is 0.167. The first kappa shape index (κ1) is 19.2. The van der Waals surface area contributed by atoms with Crippen molar-refractivity contribution in [3.8, 4) is 0 Å². The van der Waals surface area contributed by atoms with Gasteiger partial charge in [-0.15, -0.1) is 0 Å². The summed E-state index contributed by atoms with van der Waals surface area (Å²) in [5.74, 6) is -0.350. The fourth-order valence-electron chi connectivity index (χ4n) is 2.03. The number of carbonyl (C=O) groups excluding carboxylic acids is 1. The van der Waals surface area contributed by atoms with Crippen LogP contribution in [0.5, 0.6) is 0 Å². The second-order valence-electron chi connectivity index (χ2n) is 5.64. The smallest absolute Gasteiger partial charge is 0.248 e. The predicted molar refractivity (Wildman–Crippen MR) is 101 cm³/mol. The van der Waals surface area contributed by atoms with Crippen LogP contribution in [-0.4, -0.2) is 32.7 Å². The van der Waals surface area contributed by atoms with Gasteiger partial charge >= 0.3 is 0 Å². The summed E-state index contributed by atoms with van der Waals surface area (Å²) in [7, 11) is -0.639. The highest BCUT2D eigenvalue weighted by Crippen LogP contribution is 2.22. The maximum Gasteiger partial charge on any atom is 0.248 e. The van der Waals surface area contributed by atoms with Crippen LogP contribution in [0.2, 0.25) is 5.02 Å². The molecule has 0 saturated heterocycles. The van der Waals surface area contributed by atoms with E-state index in [1.54, 1.807) is 43.3 Å². The van der Waals surface area contributed by atoms with Crippen LogP contribution in [0.1, 0.15) is 11.1 Å². The Kier molecular flexibility index (Phi) is 6.00. The number of halogens is 1. The summed E-state index contributed by atoms with van der Waals surface area (Å²) in [6.07, 6.45) is 3.04. The molecule has 25 heavy (non-hydrogen) atoms. The molecule has 0 aliphatic carbocycles. The van der Waals surface area contributed by atoms with Gasteiger partial charge in [0.15, 0.2) is 0 Å². The Morgan fingerprint density at radius 1 is 1.12 bits per heavy atom. The molecule has 5 nitrogen and oxygen atoms in total. The van der Waals surface area contributed by atoms with E-state index in [9.17, 15) is 13.2 Å². The third kappa shape index (κ3) is 4.92. The van der Waals surface area contributed by atoms with Gasteiger partial charge < -0.3 is 5.32 Å². The number of aryl methyl sites for hydroxylation is 1. The Labute approximate surface area is 153 Å². The van der Waals surface area contributed by atoms with Crippen molar-refractivity contribution in [2.24, 2.45) is 0 Å². The summed E-state index contributed by atoms with van der Waals surface area (Å²) in [4.78, 5) is 12.2. The van der Waals surface area contributed by atoms with Crippen LogP contribution in [0, 0.1) is 6.92 Å². The van der Waals surface area contributed by atoms with Crippen molar-refractivity contribution in [3.63, 3.8) is 0 Å². The largest absolute Gasteiger partial charge is 0.322 e. The SMILES string of the molecule is Cc1ccc(S(=O)(=O)N(C)C)cc1NC(=O)/C=C/c1ccc(Cl)cc1. The van der Waals surface area contributed by atoms with Crippen molar-refractivity contribution in [2.45, 2.75) is 11.8 Å². The third-order valence-electron chi connectivity index (χ3n) is 3.54. The molecule has 0 radical (unpaired) electrons. The predicted octanol–water partition coefficient (Wildman–Crippen LogP) is 3.55. The summed E-state index contributed by atoms with van der Waals surface area (Å²) >= 11 is 5.82. The molecule has 0 fully saturated rings. The number of nitrogens with zero attached hydrogens (tertiary/aromatic N) is 1. The first-order valence-electron chi connectivity index (χ1n) is 7.48. The van der Waals surface area contributed by atoms with Crippen molar-refractivity contribution < 1.29 is 13.2 Å². The maximum absolute atomic E-state index is 12.2. The molecule has 2 rings (SSSR count). The first-order chi connectivity index (χ1) is 11.7. The number of anilines is 1. The second-order valence-corrected chi connectivity index (χ2v) is 8.23. The number of nitrogens with one attached hydrogen (secondary N) is 1. The van der Waals surface area contributed by atoms with E-state index in [1.165, 1.54) is 32.3 Å². The molecule has 2 aromatic rings. The number of benzene rings is 2. The molecule has 0 spiro atoms. The molecular formula is C18H19ClN2O3S. The molecule has 7 heteroatoms. The fourth-order valence-corrected chi connectivity index (χ4v) is 3.08. The van der Waals surface area contributed by atoms with Crippen molar-refractivity contribution >= 4 is 39.3 Å². The van der Waals surface area contributed by atoms with Crippen LogP contribution in [0.4, 0.5) is 5.69 Å². The average Bonchev–Trinajstić information content (AvgIpc) is 2.56. The molecule has 2 aromatic carbocycles. The minimum atomic E-state index is -3.56. The molecule has 1 N–H and O–H groups in total. The van der Waals surface area contributed by atoms with E-state index in [2.05, 4.69) is 5.32 Å². The van der Waals surface area contributed by atoms with E-state index >= 15 is 0 Å². The lowest BCUT2D eigenvalue weighted by Crippen LogP contribution is -2.22. The topological polar surface area (TPSA) is 66.5 Å².